The van der Waals surface area contributed by atoms with Crippen LogP contribution in [0.1, 0.15) is 44.7 Å². The number of pyridine rings is 1. The van der Waals surface area contributed by atoms with Gasteiger partial charge in [0, 0.05) is 6.54 Å². The van der Waals surface area contributed by atoms with Crippen molar-refractivity contribution in [3.05, 3.63) is 22.4 Å². The Bertz CT molecular complexity index is 313. The maximum absolute atomic E-state index is 4.36. The first-order chi connectivity index (χ1) is 7.74. The second-order valence-electron chi connectivity index (χ2n) is 4.11. The molecule has 0 amide bonds. The molecule has 3 heteroatoms. The lowest BCUT2D eigenvalue weighted by Crippen LogP contribution is -2.03. The van der Waals surface area contributed by atoms with Gasteiger partial charge in [0.2, 0.25) is 0 Å². The average molecular weight is 285 g/mol. The molecule has 0 aromatic carbocycles. The van der Waals surface area contributed by atoms with Crippen LogP contribution in [-0.4, -0.2) is 11.5 Å². The summed E-state index contributed by atoms with van der Waals surface area (Å²) in [5.74, 6) is 0. The van der Waals surface area contributed by atoms with Crippen LogP contribution in [0.2, 0.25) is 0 Å². The van der Waals surface area contributed by atoms with Crippen LogP contribution in [0.5, 0.6) is 0 Å². The minimum Gasteiger partial charge on any atom is -0.384 e. The van der Waals surface area contributed by atoms with Crippen molar-refractivity contribution < 1.29 is 0 Å². The van der Waals surface area contributed by atoms with E-state index in [2.05, 4.69) is 39.2 Å². The minimum atomic E-state index is 0.901. The highest BCUT2D eigenvalue weighted by atomic mass is 79.9. The number of nitrogens with zero attached hydrogens (tertiary/aromatic N) is 1. The normalized spacial score (nSPS) is 10.4. The summed E-state index contributed by atoms with van der Waals surface area (Å²) in [7, 11) is 0. The number of hydrogen-bond donors (Lipinski definition) is 1. The number of anilines is 1. The van der Waals surface area contributed by atoms with Crippen LogP contribution in [-0.2, 0) is 0 Å². The molecule has 1 aromatic rings. The molecular weight excluding hydrogens is 264 g/mol. The van der Waals surface area contributed by atoms with Crippen molar-refractivity contribution in [1.29, 1.82) is 0 Å². The molecule has 0 saturated heterocycles. The van der Waals surface area contributed by atoms with Crippen molar-refractivity contribution in [2.24, 2.45) is 0 Å². The second-order valence-corrected chi connectivity index (χ2v) is 4.92. The molecule has 90 valence electrons. The standard InChI is InChI=1S/C13H21BrN2/c1-3-4-5-6-7-10-15-12-8-9-13(14)16-11(12)2/h8-9,15H,3-7,10H2,1-2H3. The van der Waals surface area contributed by atoms with E-state index < -0.39 is 0 Å². The van der Waals surface area contributed by atoms with Gasteiger partial charge in [0.15, 0.2) is 0 Å². The van der Waals surface area contributed by atoms with E-state index in [0.29, 0.717) is 0 Å². The molecule has 0 saturated carbocycles. The zero-order valence-electron chi connectivity index (χ0n) is 10.2. The van der Waals surface area contributed by atoms with Crippen LogP contribution in [0.3, 0.4) is 0 Å². The Morgan fingerprint density at radius 2 is 1.94 bits per heavy atom. The van der Waals surface area contributed by atoms with Gasteiger partial charge in [-0.15, -0.1) is 0 Å². The smallest absolute Gasteiger partial charge is 0.106 e. The zero-order valence-corrected chi connectivity index (χ0v) is 11.8. The van der Waals surface area contributed by atoms with Gasteiger partial charge in [-0.2, -0.15) is 0 Å². The minimum absolute atomic E-state index is 0.901. The monoisotopic (exact) mass is 284 g/mol. The van der Waals surface area contributed by atoms with Gasteiger partial charge in [0.1, 0.15) is 4.60 Å². The molecule has 16 heavy (non-hydrogen) atoms. The molecule has 2 nitrogen and oxygen atoms in total. The molecule has 0 unspecified atom stereocenters. The summed E-state index contributed by atoms with van der Waals surface area (Å²) in [6.45, 7) is 5.33. The van der Waals surface area contributed by atoms with Gasteiger partial charge in [0.25, 0.3) is 0 Å². The first-order valence-electron chi connectivity index (χ1n) is 6.11. The number of unbranched alkanes of at least 4 members (excludes halogenated alkanes) is 4. The summed E-state index contributed by atoms with van der Waals surface area (Å²) in [5, 5.41) is 3.43. The first-order valence-corrected chi connectivity index (χ1v) is 6.90. The molecule has 0 aliphatic heterocycles. The van der Waals surface area contributed by atoms with E-state index in [9.17, 15) is 0 Å². The fourth-order valence-electron chi connectivity index (χ4n) is 1.67. The fraction of sp³-hybridized carbons (Fsp3) is 0.615. The third-order valence-electron chi connectivity index (χ3n) is 2.65. The number of nitrogens with one attached hydrogen (secondary N) is 1. The topological polar surface area (TPSA) is 24.9 Å². The molecule has 0 fully saturated rings. The predicted molar refractivity (Wildman–Crippen MR) is 73.9 cm³/mol. The Labute approximate surface area is 107 Å². The lowest BCUT2D eigenvalue weighted by molar-refractivity contribution is 0.645. The third-order valence-corrected chi connectivity index (χ3v) is 3.09. The van der Waals surface area contributed by atoms with Gasteiger partial charge in [-0.1, -0.05) is 32.6 Å². The lowest BCUT2D eigenvalue weighted by Gasteiger charge is -2.08. The zero-order chi connectivity index (χ0) is 11.8. The molecule has 1 aromatic heterocycles. The van der Waals surface area contributed by atoms with Crippen LogP contribution in [0, 0.1) is 6.92 Å². The van der Waals surface area contributed by atoms with Crippen molar-refractivity contribution in [1.82, 2.24) is 4.98 Å². The van der Waals surface area contributed by atoms with E-state index in [0.717, 1.165) is 22.5 Å². The highest BCUT2D eigenvalue weighted by Crippen LogP contribution is 2.16. The highest BCUT2D eigenvalue weighted by molar-refractivity contribution is 9.10. The molecule has 1 heterocycles. The van der Waals surface area contributed by atoms with Crippen LogP contribution >= 0.6 is 15.9 Å². The molecule has 0 radical (unpaired) electrons. The van der Waals surface area contributed by atoms with Crippen LogP contribution in [0.25, 0.3) is 0 Å². The lowest BCUT2D eigenvalue weighted by atomic mass is 10.1. The Hall–Kier alpha value is -0.570. The van der Waals surface area contributed by atoms with Crippen molar-refractivity contribution in [3.8, 4) is 0 Å². The second kappa shape index (κ2) is 7.66. The Morgan fingerprint density at radius 3 is 2.62 bits per heavy atom. The maximum Gasteiger partial charge on any atom is 0.106 e. The maximum atomic E-state index is 4.36. The number of rotatable bonds is 7. The Morgan fingerprint density at radius 1 is 1.19 bits per heavy atom. The van der Waals surface area contributed by atoms with E-state index >= 15 is 0 Å². The van der Waals surface area contributed by atoms with Crippen molar-refractivity contribution in [3.63, 3.8) is 0 Å². The van der Waals surface area contributed by atoms with Gasteiger partial charge < -0.3 is 5.32 Å². The first kappa shape index (κ1) is 13.5. The molecule has 0 bridgehead atoms. The largest absolute Gasteiger partial charge is 0.384 e. The predicted octanol–water partition coefficient (Wildman–Crippen LogP) is 4.53. The van der Waals surface area contributed by atoms with Gasteiger partial charge in [-0.05, 0) is 41.4 Å². The molecule has 0 spiro atoms. The molecule has 0 atom stereocenters. The van der Waals surface area contributed by atoms with Crippen LogP contribution < -0.4 is 5.32 Å². The summed E-state index contributed by atoms with van der Waals surface area (Å²) >= 11 is 3.37. The quantitative estimate of drug-likeness (QED) is 0.588. The summed E-state index contributed by atoms with van der Waals surface area (Å²) < 4.78 is 0.901. The third kappa shape index (κ3) is 4.97. The highest BCUT2D eigenvalue weighted by Gasteiger charge is 1.99. The Kier molecular flexibility index (Phi) is 6.46. The van der Waals surface area contributed by atoms with E-state index in [1.54, 1.807) is 0 Å². The van der Waals surface area contributed by atoms with Crippen LogP contribution in [0.4, 0.5) is 5.69 Å². The van der Waals surface area contributed by atoms with Crippen molar-refractivity contribution in [2.75, 3.05) is 11.9 Å². The number of hydrogen-bond acceptors (Lipinski definition) is 2. The number of aromatic nitrogens is 1. The van der Waals surface area contributed by atoms with Gasteiger partial charge in [-0.3, -0.25) is 0 Å². The molecule has 1 N–H and O–H groups in total. The summed E-state index contributed by atoms with van der Waals surface area (Å²) in [4.78, 5) is 4.36. The van der Waals surface area contributed by atoms with E-state index in [-0.39, 0.29) is 0 Å². The van der Waals surface area contributed by atoms with Crippen molar-refractivity contribution >= 4 is 21.6 Å². The molecule has 0 aliphatic rings. The molecule has 1 rings (SSSR count). The summed E-state index contributed by atoms with van der Waals surface area (Å²) in [5.41, 5.74) is 2.21. The Balaban J connectivity index is 2.21. The summed E-state index contributed by atoms with van der Waals surface area (Å²) in [6, 6.07) is 4.06. The van der Waals surface area contributed by atoms with E-state index in [1.165, 1.54) is 32.1 Å². The molecular formula is C13H21BrN2. The number of aryl methyl sites for hydroxylation is 1. The van der Waals surface area contributed by atoms with Gasteiger partial charge >= 0.3 is 0 Å². The van der Waals surface area contributed by atoms with Crippen LogP contribution in [0.15, 0.2) is 16.7 Å². The average Bonchev–Trinajstić information content (AvgIpc) is 2.26. The van der Waals surface area contributed by atoms with Crippen molar-refractivity contribution in [2.45, 2.75) is 46.0 Å². The fourth-order valence-corrected chi connectivity index (χ4v) is 2.07. The molecule has 0 aliphatic carbocycles. The van der Waals surface area contributed by atoms with Gasteiger partial charge in [0.05, 0.1) is 11.4 Å². The number of halogens is 1. The van der Waals surface area contributed by atoms with Gasteiger partial charge in [-0.25, -0.2) is 4.98 Å². The van der Waals surface area contributed by atoms with E-state index in [4.69, 9.17) is 0 Å². The van der Waals surface area contributed by atoms with E-state index in [1.807, 2.05) is 13.0 Å². The SMILES string of the molecule is CCCCCCCNc1ccc(Br)nc1C. The summed E-state index contributed by atoms with van der Waals surface area (Å²) in [6.07, 6.45) is 6.59.